The van der Waals surface area contributed by atoms with Gasteiger partial charge in [0.2, 0.25) is 0 Å². The summed E-state index contributed by atoms with van der Waals surface area (Å²) in [5.41, 5.74) is 0.0290. The van der Waals surface area contributed by atoms with Crippen LogP contribution in [0.3, 0.4) is 0 Å². The zero-order chi connectivity index (χ0) is 21.6. The number of hydrogen-bond donors (Lipinski definition) is 1. The smallest absolute Gasteiger partial charge is 0.257 e. The van der Waals surface area contributed by atoms with Gasteiger partial charge in [-0.1, -0.05) is 6.92 Å². The fourth-order valence-electron chi connectivity index (χ4n) is 4.00. The monoisotopic (exact) mass is 417 g/mol. The lowest BCUT2D eigenvalue weighted by atomic mass is 9.93. The maximum Gasteiger partial charge on any atom is 0.257 e. The number of piperazine rings is 1. The third kappa shape index (κ3) is 6.44. The highest BCUT2D eigenvalue weighted by molar-refractivity contribution is 6.00. The maximum absolute atomic E-state index is 12.3. The van der Waals surface area contributed by atoms with Gasteiger partial charge in [-0.25, -0.2) is 0 Å². The second-order valence-electron chi connectivity index (χ2n) is 8.80. The van der Waals surface area contributed by atoms with E-state index in [0.29, 0.717) is 30.0 Å². The molecule has 0 bridgehead atoms. The predicted molar refractivity (Wildman–Crippen MR) is 116 cm³/mol. The molecular weight excluding hydrogens is 382 g/mol. The molecule has 1 amide bonds. The summed E-state index contributed by atoms with van der Waals surface area (Å²) in [5.74, 6) is 0.963. The first-order chi connectivity index (χ1) is 14.4. The van der Waals surface area contributed by atoms with Gasteiger partial charge in [-0.3, -0.25) is 9.59 Å². The third-order valence-electron chi connectivity index (χ3n) is 5.57. The summed E-state index contributed by atoms with van der Waals surface area (Å²) in [6.07, 6.45) is 2.47. The van der Waals surface area contributed by atoms with Gasteiger partial charge in [0.05, 0.1) is 12.0 Å². The van der Waals surface area contributed by atoms with Gasteiger partial charge < -0.3 is 24.6 Å². The molecule has 2 heterocycles. The zero-order valence-electron chi connectivity index (χ0n) is 18.5. The van der Waals surface area contributed by atoms with E-state index in [9.17, 15) is 9.59 Å². The fraction of sp³-hybridized carbons (Fsp3) is 0.652. The van der Waals surface area contributed by atoms with Crippen LogP contribution in [0, 0.1) is 0 Å². The molecule has 1 aromatic rings. The number of ketones is 1. The van der Waals surface area contributed by atoms with Gasteiger partial charge in [0.25, 0.3) is 5.91 Å². The molecule has 3 rings (SSSR count). The summed E-state index contributed by atoms with van der Waals surface area (Å²) in [7, 11) is 0. The molecule has 7 heteroatoms. The van der Waals surface area contributed by atoms with Crippen LogP contribution in [0.25, 0.3) is 0 Å². The van der Waals surface area contributed by atoms with E-state index in [4.69, 9.17) is 9.47 Å². The van der Waals surface area contributed by atoms with Crippen molar-refractivity contribution < 1.29 is 19.1 Å². The number of fused-ring (bicyclic) bond motifs is 1. The zero-order valence-corrected chi connectivity index (χ0v) is 18.5. The van der Waals surface area contributed by atoms with E-state index in [1.165, 1.54) is 13.0 Å². The van der Waals surface area contributed by atoms with Gasteiger partial charge in [0.15, 0.2) is 12.4 Å². The minimum atomic E-state index is -0.491. The van der Waals surface area contributed by atoms with Crippen LogP contribution in [0.15, 0.2) is 18.2 Å². The lowest BCUT2D eigenvalue weighted by Gasteiger charge is -2.34. The number of Topliss-reactive ketones (excluding diaryl/α,β-unsaturated/α-hetero) is 1. The van der Waals surface area contributed by atoms with Crippen LogP contribution >= 0.6 is 0 Å². The third-order valence-corrected chi connectivity index (χ3v) is 5.57. The van der Waals surface area contributed by atoms with Crippen LogP contribution in [0.2, 0.25) is 0 Å². The Hall–Kier alpha value is -2.12. The summed E-state index contributed by atoms with van der Waals surface area (Å²) in [4.78, 5) is 29.4. The van der Waals surface area contributed by atoms with Crippen molar-refractivity contribution in [2.24, 2.45) is 0 Å². The molecule has 0 aromatic heterocycles. The molecule has 0 radical (unpaired) electrons. The van der Waals surface area contributed by atoms with E-state index in [0.717, 1.165) is 39.1 Å². The molecule has 0 spiro atoms. The molecule has 2 aliphatic rings. The standard InChI is InChI=1S/C23H35N3O4/c1-4-9-25-11-13-26(14-12-25)10-5-8-24-22(28)17-29-18-6-7-21-19(15-18)20(27)16-23(2,3)30-21/h6-7,15H,4-5,8-14,16-17H2,1-3H3,(H,24,28). The Morgan fingerprint density at radius 1 is 1.17 bits per heavy atom. The highest BCUT2D eigenvalue weighted by Gasteiger charge is 2.32. The Labute approximate surface area is 179 Å². The number of carbonyl (C=O) groups is 2. The number of hydrogen-bond acceptors (Lipinski definition) is 6. The largest absolute Gasteiger partial charge is 0.487 e. The first-order valence-corrected chi connectivity index (χ1v) is 11.1. The van der Waals surface area contributed by atoms with Gasteiger partial charge in [-0.05, 0) is 58.0 Å². The van der Waals surface area contributed by atoms with Crippen LogP contribution in [-0.2, 0) is 4.79 Å². The van der Waals surface area contributed by atoms with Crippen molar-refractivity contribution in [2.45, 2.75) is 45.6 Å². The second kappa shape index (κ2) is 10.3. The fourth-order valence-corrected chi connectivity index (χ4v) is 4.00. The van der Waals surface area contributed by atoms with Crippen LogP contribution in [-0.4, -0.2) is 79.5 Å². The van der Waals surface area contributed by atoms with E-state index in [-0.39, 0.29) is 18.3 Å². The lowest BCUT2D eigenvalue weighted by molar-refractivity contribution is -0.123. The van der Waals surface area contributed by atoms with Gasteiger partial charge in [-0.2, -0.15) is 0 Å². The average molecular weight is 418 g/mol. The first kappa shape index (κ1) is 22.6. The second-order valence-corrected chi connectivity index (χ2v) is 8.80. The average Bonchev–Trinajstić information content (AvgIpc) is 2.70. The van der Waals surface area contributed by atoms with Crippen molar-refractivity contribution in [3.63, 3.8) is 0 Å². The number of amides is 1. The Kier molecular flexibility index (Phi) is 7.72. The van der Waals surface area contributed by atoms with Gasteiger partial charge >= 0.3 is 0 Å². The Bertz CT molecular complexity index is 742. The van der Waals surface area contributed by atoms with Crippen LogP contribution in [0.5, 0.6) is 11.5 Å². The van der Waals surface area contributed by atoms with Crippen molar-refractivity contribution in [2.75, 3.05) is 52.4 Å². The minimum Gasteiger partial charge on any atom is -0.487 e. The Morgan fingerprint density at radius 2 is 1.87 bits per heavy atom. The molecular formula is C23H35N3O4. The topological polar surface area (TPSA) is 71.1 Å². The van der Waals surface area contributed by atoms with E-state index in [2.05, 4.69) is 22.0 Å². The molecule has 166 valence electrons. The van der Waals surface area contributed by atoms with Crippen LogP contribution < -0.4 is 14.8 Å². The SMILES string of the molecule is CCCN1CCN(CCCNC(=O)COc2ccc3c(c2)C(=O)CC(C)(C)O3)CC1. The normalized spacial score (nSPS) is 19.1. The van der Waals surface area contributed by atoms with E-state index in [1.54, 1.807) is 18.2 Å². The summed E-state index contributed by atoms with van der Waals surface area (Å²) >= 11 is 0. The van der Waals surface area contributed by atoms with E-state index < -0.39 is 5.60 Å². The molecule has 0 atom stereocenters. The number of ether oxygens (including phenoxy) is 2. The number of rotatable bonds is 9. The molecule has 0 saturated carbocycles. The minimum absolute atomic E-state index is 0.0340. The van der Waals surface area contributed by atoms with Gasteiger partial charge in [0.1, 0.15) is 17.1 Å². The highest BCUT2D eigenvalue weighted by atomic mass is 16.5. The summed E-state index contributed by atoms with van der Waals surface area (Å²) in [5, 5.41) is 2.91. The van der Waals surface area contributed by atoms with Crippen molar-refractivity contribution in [3.05, 3.63) is 23.8 Å². The molecule has 7 nitrogen and oxygen atoms in total. The summed E-state index contributed by atoms with van der Waals surface area (Å²) in [6.45, 7) is 13.3. The summed E-state index contributed by atoms with van der Waals surface area (Å²) in [6, 6.07) is 5.14. The van der Waals surface area contributed by atoms with Crippen molar-refractivity contribution in [3.8, 4) is 11.5 Å². The van der Waals surface area contributed by atoms with Crippen molar-refractivity contribution in [1.82, 2.24) is 15.1 Å². The van der Waals surface area contributed by atoms with Gasteiger partial charge in [0, 0.05) is 32.7 Å². The van der Waals surface area contributed by atoms with Crippen molar-refractivity contribution >= 4 is 11.7 Å². The number of nitrogens with one attached hydrogen (secondary N) is 1. The molecule has 30 heavy (non-hydrogen) atoms. The van der Waals surface area contributed by atoms with Crippen LogP contribution in [0.4, 0.5) is 0 Å². The highest BCUT2D eigenvalue weighted by Crippen LogP contribution is 2.35. The lowest BCUT2D eigenvalue weighted by Crippen LogP contribution is -2.47. The number of nitrogens with zero attached hydrogens (tertiary/aromatic N) is 2. The van der Waals surface area contributed by atoms with Crippen LogP contribution in [0.1, 0.15) is 50.4 Å². The van der Waals surface area contributed by atoms with Crippen molar-refractivity contribution in [1.29, 1.82) is 0 Å². The molecule has 1 N–H and O–H groups in total. The number of carbonyl (C=O) groups excluding carboxylic acids is 2. The Balaban J connectivity index is 1.34. The molecule has 0 aliphatic carbocycles. The summed E-state index contributed by atoms with van der Waals surface area (Å²) < 4.78 is 11.4. The molecule has 1 saturated heterocycles. The predicted octanol–water partition coefficient (Wildman–Crippen LogP) is 2.34. The maximum atomic E-state index is 12.3. The van der Waals surface area contributed by atoms with E-state index >= 15 is 0 Å². The number of benzene rings is 1. The molecule has 0 unspecified atom stereocenters. The molecule has 2 aliphatic heterocycles. The first-order valence-electron chi connectivity index (χ1n) is 11.1. The quantitative estimate of drug-likeness (QED) is 0.622. The van der Waals surface area contributed by atoms with E-state index in [1.807, 2.05) is 13.8 Å². The van der Waals surface area contributed by atoms with Gasteiger partial charge in [-0.15, -0.1) is 0 Å². The molecule has 1 aromatic carbocycles. The Morgan fingerprint density at radius 3 is 2.57 bits per heavy atom. The molecule has 1 fully saturated rings.